The third-order valence-corrected chi connectivity index (χ3v) is 3.22. The first-order valence-corrected chi connectivity index (χ1v) is 5.88. The maximum atomic E-state index is 10.1. The van der Waals surface area contributed by atoms with Gasteiger partial charge in [-0.1, -0.05) is 50.0 Å². The van der Waals surface area contributed by atoms with Crippen LogP contribution >= 0.6 is 23.2 Å². The minimum atomic E-state index is -0.704. The van der Waals surface area contributed by atoms with E-state index in [1.165, 1.54) is 0 Å². The highest BCUT2D eigenvalue weighted by atomic mass is 35.5. The van der Waals surface area contributed by atoms with Crippen LogP contribution in [0.2, 0.25) is 10.0 Å². The molecule has 1 rings (SSSR count). The Balaban J connectivity index is 3.10. The van der Waals surface area contributed by atoms with E-state index in [9.17, 15) is 5.11 Å². The van der Waals surface area contributed by atoms with Crippen LogP contribution in [0.1, 0.15) is 32.4 Å². The van der Waals surface area contributed by atoms with Crippen LogP contribution in [0.25, 0.3) is 0 Å². The number of aliphatic hydroxyl groups is 1. The molecule has 0 aliphatic carbocycles. The van der Waals surface area contributed by atoms with Gasteiger partial charge >= 0.3 is 0 Å². The molecule has 2 atom stereocenters. The van der Waals surface area contributed by atoms with Crippen LogP contribution in [-0.4, -0.2) is 11.2 Å². The first-order chi connectivity index (χ1) is 7.25. The second-order valence-corrected chi connectivity index (χ2v) is 5.79. The van der Waals surface area contributed by atoms with Crippen LogP contribution in [0, 0.1) is 5.41 Å². The molecule has 0 fully saturated rings. The molecule has 0 heterocycles. The van der Waals surface area contributed by atoms with Gasteiger partial charge in [-0.2, -0.15) is 0 Å². The Morgan fingerprint density at radius 1 is 1.19 bits per heavy atom. The molecule has 0 bridgehead atoms. The summed E-state index contributed by atoms with van der Waals surface area (Å²) in [7, 11) is 0. The van der Waals surface area contributed by atoms with Gasteiger partial charge < -0.3 is 10.8 Å². The van der Waals surface area contributed by atoms with E-state index in [1.807, 2.05) is 20.8 Å². The monoisotopic (exact) mass is 261 g/mol. The van der Waals surface area contributed by atoms with Crippen molar-refractivity contribution in [1.82, 2.24) is 0 Å². The van der Waals surface area contributed by atoms with Crippen LogP contribution in [-0.2, 0) is 0 Å². The van der Waals surface area contributed by atoms with Crippen LogP contribution < -0.4 is 5.73 Å². The summed E-state index contributed by atoms with van der Waals surface area (Å²) in [6, 6.07) is 4.61. The number of nitrogens with two attached hydrogens (primary N) is 1. The van der Waals surface area contributed by atoms with E-state index in [4.69, 9.17) is 28.9 Å². The summed E-state index contributed by atoms with van der Waals surface area (Å²) in [5, 5.41) is 11.1. The van der Waals surface area contributed by atoms with Crippen LogP contribution in [0.3, 0.4) is 0 Å². The molecular weight excluding hydrogens is 245 g/mol. The van der Waals surface area contributed by atoms with Crippen LogP contribution in [0.15, 0.2) is 18.2 Å². The Bertz CT molecular complexity index is 354. The summed E-state index contributed by atoms with van der Waals surface area (Å²) in [6.07, 6.45) is -0.704. The Morgan fingerprint density at radius 3 is 2.00 bits per heavy atom. The lowest BCUT2D eigenvalue weighted by atomic mass is 9.82. The smallest absolute Gasteiger partial charge is 0.0782 e. The summed E-state index contributed by atoms with van der Waals surface area (Å²) in [5.74, 6) is 0. The highest BCUT2D eigenvalue weighted by molar-refractivity contribution is 6.36. The van der Waals surface area contributed by atoms with Gasteiger partial charge in [-0.05, 0) is 17.5 Å². The second-order valence-electron chi connectivity index (χ2n) is 4.97. The van der Waals surface area contributed by atoms with Crippen molar-refractivity contribution < 1.29 is 5.11 Å². The molecule has 1 aromatic carbocycles. The summed E-state index contributed by atoms with van der Waals surface area (Å²) in [6.45, 7) is 5.76. The molecule has 0 saturated carbocycles. The van der Waals surface area contributed by atoms with E-state index < -0.39 is 12.1 Å². The molecule has 16 heavy (non-hydrogen) atoms. The van der Waals surface area contributed by atoms with Crippen molar-refractivity contribution in [3.05, 3.63) is 33.8 Å². The molecule has 90 valence electrons. The van der Waals surface area contributed by atoms with E-state index in [0.29, 0.717) is 15.6 Å². The largest absolute Gasteiger partial charge is 0.391 e. The zero-order valence-electron chi connectivity index (χ0n) is 9.67. The third kappa shape index (κ3) is 2.89. The topological polar surface area (TPSA) is 46.2 Å². The molecule has 1 aromatic rings. The fourth-order valence-corrected chi connectivity index (χ4v) is 2.18. The van der Waals surface area contributed by atoms with Gasteiger partial charge in [0.2, 0.25) is 0 Å². The predicted molar refractivity (Wildman–Crippen MR) is 68.9 cm³/mol. The molecule has 2 nitrogen and oxygen atoms in total. The molecule has 0 spiro atoms. The van der Waals surface area contributed by atoms with Gasteiger partial charge in [0, 0.05) is 15.6 Å². The number of halogens is 2. The molecule has 0 unspecified atom stereocenters. The average molecular weight is 262 g/mol. The van der Waals surface area contributed by atoms with Crippen molar-refractivity contribution in [2.45, 2.75) is 32.9 Å². The maximum absolute atomic E-state index is 10.1. The molecule has 0 aliphatic rings. The average Bonchev–Trinajstić information content (AvgIpc) is 2.14. The predicted octanol–water partition coefficient (Wildman–Crippen LogP) is 3.40. The van der Waals surface area contributed by atoms with E-state index in [-0.39, 0.29) is 5.41 Å². The fourth-order valence-electron chi connectivity index (χ4n) is 1.53. The molecule has 0 radical (unpaired) electrons. The SMILES string of the molecule is CC(C)(C)[C@@H](O)[C@@H](N)c1c(Cl)cccc1Cl. The van der Waals surface area contributed by atoms with Crippen molar-refractivity contribution >= 4 is 23.2 Å². The Hall–Kier alpha value is -0.280. The summed E-state index contributed by atoms with van der Waals surface area (Å²) in [4.78, 5) is 0. The summed E-state index contributed by atoms with van der Waals surface area (Å²) < 4.78 is 0. The molecule has 4 heteroatoms. The fraction of sp³-hybridized carbons (Fsp3) is 0.500. The van der Waals surface area contributed by atoms with Gasteiger partial charge in [-0.25, -0.2) is 0 Å². The lowest BCUT2D eigenvalue weighted by molar-refractivity contribution is 0.0401. The van der Waals surface area contributed by atoms with Crippen molar-refractivity contribution in [3.8, 4) is 0 Å². The number of aliphatic hydroxyl groups excluding tert-OH is 1. The highest BCUT2D eigenvalue weighted by Crippen LogP contribution is 2.35. The Kier molecular flexibility index (Phi) is 4.24. The maximum Gasteiger partial charge on any atom is 0.0782 e. The van der Waals surface area contributed by atoms with Gasteiger partial charge in [-0.3, -0.25) is 0 Å². The highest BCUT2D eigenvalue weighted by Gasteiger charge is 2.31. The zero-order chi connectivity index (χ0) is 12.5. The molecule has 0 saturated heterocycles. The number of hydrogen-bond acceptors (Lipinski definition) is 2. The van der Waals surface area contributed by atoms with E-state index in [0.717, 1.165) is 0 Å². The van der Waals surface area contributed by atoms with Crippen LogP contribution in [0.4, 0.5) is 0 Å². The normalized spacial score (nSPS) is 15.9. The number of benzene rings is 1. The van der Waals surface area contributed by atoms with E-state index in [2.05, 4.69) is 0 Å². The first-order valence-electron chi connectivity index (χ1n) is 5.12. The summed E-state index contributed by atoms with van der Waals surface area (Å²) >= 11 is 12.1. The number of rotatable bonds is 2. The third-order valence-electron chi connectivity index (χ3n) is 2.56. The molecular formula is C12H17Cl2NO. The quantitative estimate of drug-likeness (QED) is 0.858. The van der Waals surface area contributed by atoms with Crippen LogP contribution in [0.5, 0.6) is 0 Å². The molecule has 3 N–H and O–H groups in total. The first kappa shape index (κ1) is 13.8. The van der Waals surface area contributed by atoms with Gasteiger partial charge in [0.05, 0.1) is 12.1 Å². The number of hydrogen-bond donors (Lipinski definition) is 2. The molecule has 0 aromatic heterocycles. The van der Waals surface area contributed by atoms with Crippen molar-refractivity contribution in [2.75, 3.05) is 0 Å². The summed E-state index contributed by atoms with van der Waals surface area (Å²) in [5.41, 5.74) is 6.29. The van der Waals surface area contributed by atoms with Crippen molar-refractivity contribution in [1.29, 1.82) is 0 Å². The van der Waals surface area contributed by atoms with Crippen molar-refractivity contribution in [3.63, 3.8) is 0 Å². The van der Waals surface area contributed by atoms with E-state index in [1.54, 1.807) is 18.2 Å². The van der Waals surface area contributed by atoms with E-state index >= 15 is 0 Å². The second kappa shape index (κ2) is 4.92. The lowest BCUT2D eigenvalue weighted by Crippen LogP contribution is -2.37. The Morgan fingerprint density at radius 2 is 1.62 bits per heavy atom. The standard InChI is InChI=1S/C12H17Cl2NO/c1-12(2,3)11(16)10(15)9-7(13)5-4-6-8(9)14/h4-6,10-11,16H,15H2,1-3H3/t10-,11-/m0/s1. The minimum Gasteiger partial charge on any atom is -0.391 e. The van der Waals surface area contributed by atoms with Crippen molar-refractivity contribution in [2.24, 2.45) is 11.1 Å². The lowest BCUT2D eigenvalue weighted by Gasteiger charge is -2.31. The molecule has 0 aliphatic heterocycles. The Labute approximate surface area is 106 Å². The molecule has 0 amide bonds. The van der Waals surface area contributed by atoms with Gasteiger partial charge in [0.1, 0.15) is 0 Å². The zero-order valence-corrected chi connectivity index (χ0v) is 11.2. The van der Waals surface area contributed by atoms with Gasteiger partial charge in [0.25, 0.3) is 0 Å². The minimum absolute atomic E-state index is 0.318. The van der Waals surface area contributed by atoms with Gasteiger partial charge in [-0.15, -0.1) is 0 Å². The van der Waals surface area contributed by atoms with Gasteiger partial charge in [0.15, 0.2) is 0 Å².